The molecule has 2 aliphatic rings. The molecule has 47 heavy (non-hydrogen) atoms. The van der Waals surface area contributed by atoms with Crippen LogP contribution in [0.2, 0.25) is 0 Å². The number of benzene rings is 2. The van der Waals surface area contributed by atoms with Crippen molar-refractivity contribution in [3.05, 3.63) is 129 Å². The number of H-pyrrole nitrogens is 2. The van der Waals surface area contributed by atoms with Gasteiger partial charge in [-0.05, 0) is 124 Å². The van der Waals surface area contributed by atoms with Gasteiger partial charge >= 0.3 is 11.9 Å². The number of aromatic amines is 2. The first kappa shape index (κ1) is 30.9. The molecule has 2 N–H and O–H groups in total. The van der Waals surface area contributed by atoms with Crippen molar-refractivity contribution in [2.75, 3.05) is 14.2 Å². The van der Waals surface area contributed by atoms with Gasteiger partial charge in [0, 0.05) is 58.5 Å². The summed E-state index contributed by atoms with van der Waals surface area (Å²) < 4.78 is 10.9. The van der Waals surface area contributed by atoms with Crippen molar-refractivity contribution in [2.45, 2.75) is 50.4 Å². The maximum absolute atomic E-state index is 12.2. The Morgan fingerprint density at radius 3 is 1.85 bits per heavy atom. The number of hydrogen-bond donors (Lipinski definition) is 2. The summed E-state index contributed by atoms with van der Waals surface area (Å²) >= 11 is 3.55. The lowest BCUT2D eigenvalue weighted by Crippen LogP contribution is -2.09. The van der Waals surface area contributed by atoms with E-state index < -0.39 is 0 Å². The number of ether oxygens (including phenoxy) is 2. The lowest BCUT2D eigenvalue weighted by Gasteiger charge is -2.10. The van der Waals surface area contributed by atoms with Crippen LogP contribution < -0.4 is 0 Å². The van der Waals surface area contributed by atoms with E-state index in [9.17, 15) is 9.59 Å². The molecule has 2 saturated carbocycles. The summed E-state index contributed by atoms with van der Waals surface area (Å²) in [5, 5.41) is 2.29. The lowest BCUT2D eigenvalue weighted by atomic mass is 10.0. The van der Waals surface area contributed by atoms with Crippen LogP contribution in [-0.4, -0.2) is 46.1 Å². The highest BCUT2D eigenvalue weighted by molar-refractivity contribution is 9.10. The maximum atomic E-state index is 12.2. The lowest BCUT2D eigenvalue weighted by molar-refractivity contribution is 0.0590. The Kier molecular flexibility index (Phi) is 8.64. The molecule has 0 bridgehead atoms. The average Bonchev–Trinajstić information content (AvgIpc) is 4.04. The van der Waals surface area contributed by atoms with E-state index in [2.05, 4.69) is 66.2 Å². The zero-order valence-corrected chi connectivity index (χ0v) is 27.9. The van der Waals surface area contributed by atoms with Crippen molar-refractivity contribution in [2.24, 2.45) is 0 Å². The summed E-state index contributed by atoms with van der Waals surface area (Å²) in [6.45, 7) is 0. The van der Waals surface area contributed by atoms with Gasteiger partial charge in [0.15, 0.2) is 0 Å². The van der Waals surface area contributed by atoms with Gasteiger partial charge in [-0.25, -0.2) is 9.59 Å². The summed E-state index contributed by atoms with van der Waals surface area (Å²) in [5.41, 5.74) is 9.43. The topological polar surface area (TPSA) is 110 Å². The number of halogens is 1. The quantitative estimate of drug-likeness (QED) is 0.155. The van der Waals surface area contributed by atoms with Gasteiger partial charge < -0.3 is 19.4 Å². The van der Waals surface area contributed by atoms with E-state index >= 15 is 0 Å². The molecule has 8 nitrogen and oxygen atoms in total. The molecule has 2 fully saturated rings. The molecule has 2 aromatic carbocycles. The van der Waals surface area contributed by atoms with Crippen molar-refractivity contribution in [1.29, 1.82) is 0 Å². The number of methoxy groups -OCH3 is 2. The first-order valence-corrected chi connectivity index (χ1v) is 16.6. The second kappa shape index (κ2) is 13.2. The van der Waals surface area contributed by atoms with Crippen molar-refractivity contribution < 1.29 is 19.1 Å². The number of rotatable bonds is 8. The smallest absolute Gasteiger partial charge is 0.339 e. The molecule has 9 heteroatoms. The number of esters is 2. The maximum Gasteiger partial charge on any atom is 0.339 e. The summed E-state index contributed by atoms with van der Waals surface area (Å²) in [6, 6.07) is 18.4. The standard InChI is InChI=1S/C19H17BrN2O2.C19H18N2O2/c1-24-19(23)15-8-13(12-3-4-12)9-21-18(15)7-11-2-5-17-14(6-11)16(20)10-22-17;1-23-19(22)16-10-15(13-3-4-13)11-21-18(16)9-12-2-5-17-14(8-12)6-7-20-17/h2,5-6,8-10,12,22H,3-4,7H2,1H3;2,5-8,10-11,13,20H,3-4,9H2,1H3. The van der Waals surface area contributed by atoms with Crippen molar-refractivity contribution >= 4 is 49.7 Å². The molecule has 8 rings (SSSR count). The minimum atomic E-state index is -0.316. The first-order chi connectivity index (χ1) is 22.9. The first-order valence-electron chi connectivity index (χ1n) is 15.9. The molecule has 0 spiro atoms. The third kappa shape index (κ3) is 6.86. The van der Waals surface area contributed by atoms with Gasteiger partial charge in [-0.2, -0.15) is 0 Å². The number of carbonyl (C=O) groups is 2. The molecule has 0 saturated heterocycles. The fourth-order valence-electron chi connectivity index (χ4n) is 6.00. The fourth-order valence-corrected chi connectivity index (χ4v) is 6.44. The van der Waals surface area contributed by atoms with Gasteiger partial charge in [-0.1, -0.05) is 12.1 Å². The predicted molar refractivity (Wildman–Crippen MR) is 185 cm³/mol. The minimum Gasteiger partial charge on any atom is -0.465 e. The Morgan fingerprint density at radius 2 is 1.30 bits per heavy atom. The Balaban J connectivity index is 0.000000150. The number of nitrogens with one attached hydrogen (secondary N) is 2. The highest BCUT2D eigenvalue weighted by atomic mass is 79.9. The summed E-state index contributed by atoms with van der Waals surface area (Å²) in [6.07, 6.45) is 13.6. The third-order valence-electron chi connectivity index (χ3n) is 8.95. The van der Waals surface area contributed by atoms with E-state index in [1.165, 1.54) is 39.9 Å². The molecule has 0 aliphatic heterocycles. The number of aromatic nitrogens is 4. The van der Waals surface area contributed by atoms with Crippen LogP contribution in [0.3, 0.4) is 0 Å². The number of fused-ring (bicyclic) bond motifs is 2. The summed E-state index contributed by atoms with van der Waals surface area (Å²) in [4.78, 5) is 39.8. The second-order valence-electron chi connectivity index (χ2n) is 12.3. The molecular weight excluding hydrogens is 656 g/mol. The van der Waals surface area contributed by atoms with E-state index in [0.29, 0.717) is 35.8 Å². The molecule has 4 heterocycles. The van der Waals surface area contributed by atoms with Crippen molar-refractivity contribution in [3.8, 4) is 0 Å². The highest BCUT2D eigenvalue weighted by Gasteiger charge is 2.27. The highest BCUT2D eigenvalue weighted by Crippen LogP contribution is 2.41. The second-order valence-corrected chi connectivity index (χ2v) is 13.2. The number of nitrogens with zero attached hydrogens (tertiary/aromatic N) is 2. The van der Waals surface area contributed by atoms with Crippen LogP contribution in [0, 0.1) is 0 Å². The number of pyridine rings is 2. The van der Waals surface area contributed by atoms with Crippen LogP contribution in [0.15, 0.2) is 83.9 Å². The third-order valence-corrected chi connectivity index (χ3v) is 9.60. The number of carbonyl (C=O) groups excluding carboxylic acids is 2. The van der Waals surface area contributed by atoms with E-state index in [4.69, 9.17) is 9.47 Å². The van der Waals surface area contributed by atoms with E-state index in [-0.39, 0.29) is 11.9 Å². The molecular formula is C38H35BrN4O4. The molecule has 4 aromatic heterocycles. The molecule has 2 aliphatic carbocycles. The zero-order valence-electron chi connectivity index (χ0n) is 26.3. The van der Waals surface area contributed by atoms with Gasteiger partial charge in [0.05, 0.1) is 36.7 Å². The summed E-state index contributed by atoms with van der Waals surface area (Å²) in [5.74, 6) is 0.500. The van der Waals surface area contributed by atoms with Gasteiger partial charge in [-0.3, -0.25) is 9.97 Å². The largest absolute Gasteiger partial charge is 0.465 e. The van der Waals surface area contributed by atoms with E-state index in [0.717, 1.165) is 59.9 Å². The van der Waals surface area contributed by atoms with E-state index in [1.54, 1.807) is 0 Å². The SMILES string of the molecule is COC(=O)c1cc(C2CC2)cnc1Cc1ccc2[nH]cc(Br)c2c1.COC(=O)c1cc(C2CC2)cnc1Cc1ccc2[nH]ccc2c1. The number of hydrogen-bond acceptors (Lipinski definition) is 6. The van der Waals surface area contributed by atoms with E-state index in [1.807, 2.05) is 49.1 Å². The van der Waals surface area contributed by atoms with Gasteiger partial charge in [-0.15, -0.1) is 0 Å². The Hall–Kier alpha value is -4.76. The fraction of sp³-hybridized carbons (Fsp3) is 0.263. The Bertz CT molecular complexity index is 2110. The monoisotopic (exact) mass is 690 g/mol. The van der Waals surface area contributed by atoms with Crippen LogP contribution in [0.5, 0.6) is 0 Å². The normalized spacial score (nSPS) is 14.1. The minimum absolute atomic E-state index is 0.308. The molecule has 0 atom stereocenters. The van der Waals surface area contributed by atoms with Gasteiger partial charge in [0.1, 0.15) is 0 Å². The van der Waals surface area contributed by atoms with Crippen LogP contribution in [-0.2, 0) is 22.3 Å². The van der Waals surface area contributed by atoms with Crippen molar-refractivity contribution in [1.82, 2.24) is 19.9 Å². The van der Waals surface area contributed by atoms with Gasteiger partial charge in [0.2, 0.25) is 0 Å². The van der Waals surface area contributed by atoms with Gasteiger partial charge in [0.25, 0.3) is 0 Å². The Labute approximate surface area is 281 Å². The molecule has 0 radical (unpaired) electrons. The van der Waals surface area contributed by atoms with Crippen molar-refractivity contribution in [3.63, 3.8) is 0 Å². The summed E-state index contributed by atoms with van der Waals surface area (Å²) in [7, 11) is 2.83. The van der Waals surface area contributed by atoms with Crippen LogP contribution >= 0.6 is 15.9 Å². The zero-order chi connectivity index (χ0) is 32.5. The Morgan fingerprint density at radius 1 is 0.745 bits per heavy atom. The molecule has 0 amide bonds. The molecule has 238 valence electrons. The van der Waals surface area contributed by atoms with Crippen LogP contribution in [0.4, 0.5) is 0 Å². The molecule has 6 aromatic rings. The van der Waals surface area contributed by atoms with Crippen LogP contribution in [0.1, 0.15) is 91.9 Å². The average molecular weight is 692 g/mol. The molecule has 0 unspecified atom stereocenters. The predicted octanol–water partition coefficient (Wildman–Crippen LogP) is 8.40. The van der Waals surface area contributed by atoms with Crippen LogP contribution in [0.25, 0.3) is 21.8 Å².